The van der Waals surface area contributed by atoms with Crippen LogP contribution in [-0.4, -0.2) is 51.8 Å². The summed E-state index contributed by atoms with van der Waals surface area (Å²) < 4.78 is 1.86. The van der Waals surface area contributed by atoms with Crippen molar-refractivity contribution in [2.45, 2.75) is 20.3 Å². The molecule has 0 aliphatic carbocycles. The molecule has 0 radical (unpaired) electrons. The lowest BCUT2D eigenvalue weighted by Gasteiger charge is -2.35. The summed E-state index contributed by atoms with van der Waals surface area (Å²) in [6.45, 7) is 6.43. The van der Waals surface area contributed by atoms with Gasteiger partial charge in [0.1, 0.15) is 11.9 Å². The van der Waals surface area contributed by atoms with Gasteiger partial charge in [-0.3, -0.25) is 4.79 Å². The number of nitriles is 1. The van der Waals surface area contributed by atoms with E-state index in [1.807, 2.05) is 47.7 Å². The number of benzene rings is 1. The molecule has 158 valence electrons. The first-order valence-electron chi connectivity index (χ1n) is 10.2. The standard InChI is InChI=1S/C23H23ClN6O/c1-16-21(17(2)30(27-16)20-7-5-19(24)6-8-20)14-22(31)28-10-12-29(13-11-28)23-18(15-25)4-3-9-26-23/h3-9H,10-14H2,1-2H3. The highest BCUT2D eigenvalue weighted by Crippen LogP contribution is 2.22. The summed E-state index contributed by atoms with van der Waals surface area (Å²) >= 11 is 5.99. The van der Waals surface area contributed by atoms with Crippen LogP contribution < -0.4 is 4.90 Å². The molecule has 1 amide bonds. The topological polar surface area (TPSA) is 78.1 Å². The third-order valence-electron chi connectivity index (χ3n) is 5.68. The Balaban J connectivity index is 1.44. The lowest BCUT2D eigenvalue weighted by atomic mass is 10.1. The van der Waals surface area contributed by atoms with Crippen LogP contribution in [0.4, 0.5) is 5.82 Å². The molecule has 3 aromatic rings. The molecule has 0 unspecified atom stereocenters. The monoisotopic (exact) mass is 434 g/mol. The van der Waals surface area contributed by atoms with E-state index in [1.54, 1.807) is 18.3 Å². The summed E-state index contributed by atoms with van der Waals surface area (Å²) in [7, 11) is 0. The summed E-state index contributed by atoms with van der Waals surface area (Å²) in [5.41, 5.74) is 4.24. The number of hydrogen-bond donors (Lipinski definition) is 0. The molecule has 31 heavy (non-hydrogen) atoms. The van der Waals surface area contributed by atoms with Gasteiger partial charge in [-0.15, -0.1) is 0 Å². The van der Waals surface area contributed by atoms with Crippen molar-refractivity contribution in [1.82, 2.24) is 19.7 Å². The molecule has 1 fully saturated rings. The fraction of sp³-hybridized carbons (Fsp3) is 0.304. The van der Waals surface area contributed by atoms with E-state index in [4.69, 9.17) is 11.6 Å². The number of rotatable bonds is 4. The van der Waals surface area contributed by atoms with Gasteiger partial charge in [-0.2, -0.15) is 10.4 Å². The van der Waals surface area contributed by atoms with E-state index in [0.717, 1.165) is 22.6 Å². The molecule has 1 aliphatic rings. The number of aromatic nitrogens is 3. The van der Waals surface area contributed by atoms with Crippen molar-refractivity contribution >= 4 is 23.3 Å². The number of amides is 1. The Morgan fingerprint density at radius 3 is 2.52 bits per heavy atom. The van der Waals surface area contributed by atoms with Crippen LogP contribution in [0, 0.1) is 25.2 Å². The minimum atomic E-state index is 0.0861. The largest absolute Gasteiger partial charge is 0.352 e. The number of hydrogen-bond acceptors (Lipinski definition) is 5. The summed E-state index contributed by atoms with van der Waals surface area (Å²) in [5.74, 6) is 0.774. The van der Waals surface area contributed by atoms with Crippen LogP contribution in [0.2, 0.25) is 5.02 Å². The van der Waals surface area contributed by atoms with Crippen molar-refractivity contribution in [1.29, 1.82) is 5.26 Å². The van der Waals surface area contributed by atoms with E-state index < -0.39 is 0 Å². The van der Waals surface area contributed by atoms with E-state index in [0.29, 0.717) is 49.0 Å². The van der Waals surface area contributed by atoms with Gasteiger partial charge in [-0.05, 0) is 50.2 Å². The van der Waals surface area contributed by atoms with Gasteiger partial charge >= 0.3 is 0 Å². The maximum atomic E-state index is 13.0. The highest BCUT2D eigenvalue weighted by Gasteiger charge is 2.25. The zero-order valence-corrected chi connectivity index (χ0v) is 18.3. The van der Waals surface area contributed by atoms with E-state index in [9.17, 15) is 10.1 Å². The average Bonchev–Trinajstić information content (AvgIpc) is 3.08. The Hall–Kier alpha value is -3.37. The fourth-order valence-corrected chi connectivity index (χ4v) is 4.06. The molecule has 7 nitrogen and oxygen atoms in total. The van der Waals surface area contributed by atoms with Crippen molar-refractivity contribution in [3.05, 3.63) is 70.1 Å². The summed E-state index contributed by atoms with van der Waals surface area (Å²) in [6, 6.07) is 13.2. The highest BCUT2D eigenvalue weighted by molar-refractivity contribution is 6.30. The lowest BCUT2D eigenvalue weighted by Crippen LogP contribution is -2.49. The Morgan fingerprint density at radius 2 is 1.84 bits per heavy atom. The maximum absolute atomic E-state index is 13.0. The van der Waals surface area contributed by atoms with Crippen LogP contribution in [-0.2, 0) is 11.2 Å². The molecule has 4 rings (SSSR count). The van der Waals surface area contributed by atoms with Gasteiger partial charge in [0.2, 0.25) is 5.91 Å². The first kappa shape index (κ1) is 20.9. The van der Waals surface area contributed by atoms with E-state index in [2.05, 4.69) is 21.1 Å². The molecule has 2 aromatic heterocycles. The van der Waals surface area contributed by atoms with Crippen molar-refractivity contribution in [3.63, 3.8) is 0 Å². The SMILES string of the molecule is Cc1nn(-c2ccc(Cl)cc2)c(C)c1CC(=O)N1CCN(c2ncccc2C#N)CC1. The molecule has 0 N–H and O–H groups in total. The van der Waals surface area contributed by atoms with Gasteiger partial charge in [0, 0.05) is 48.7 Å². The van der Waals surface area contributed by atoms with Gasteiger partial charge in [0.25, 0.3) is 0 Å². The van der Waals surface area contributed by atoms with Gasteiger partial charge < -0.3 is 9.80 Å². The van der Waals surface area contributed by atoms with Gasteiger partial charge in [0.05, 0.1) is 23.4 Å². The normalized spacial score (nSPS) is 13.9. The molecule has 0 spiro atoms. The highest BCUT2D eigenvalue weighted by atomic mass is 35.5. The molecule has 1 aromatic carbocycles. The van der Waals surface area contributed by atoms with Crippen LogP contribution in [0.5, 0.6) is 0 Å². The summed E-state index contributed by atoms with van der Waals surface area (Å²) in [4.78, 5) is 21.3. The number of anilines is 1. The third kappa shape index (κ3) is 4.25. The van der Waals surface area contributed by atoms with Crippen LogP contribution in [0.15, 0.2) is 42.6 Å². The lowest BCUT2D eigenvalue weighted by molar-refractivity contribution is -0.130. The van der Waals surface area contributed by atoms with E-state index >= 15 is 0 Å². The molecule has 1 saturated heterocycles. The minimum Gasteiger partial charge on any atom is -0.352 e. The summed E-state index contributed by atoms with van der Waals surface area (Å²) in [5, 5.41) is 14.6. The van der Waals surface area contributed by atoms with Gasteiger partial charge in [-0.1, -0.05) is 11.6 Å². The van der Waals surface area contributed by atoms with Crippen LogP contribution in [0.1, 0.15) is 22.5 Å². The molecule has 0 atom stereocenters. The number of piperazine rings is 1. The Kier molecular flexibility index (Phi) is 5.92. The van der Waals surface area contributed by atoms with Crippen molar-refractivity contribution < 1.29 is 4.79 Å². The molecule has 8 heteroatoms. The van der Waals surface area contributed by atoms with E-state index in [-0.39, 0.29) is 5.91 Å². The molecular weight excluding hydrogens is 412 g/mol. The number of pyridine rings is 1. The Morgan fingerprint density at radius 1 is 1.13 bits per heavy atom. The number of nitrogens with zero attached hydrogens (tertiary/aromatic N) is 6. The van der Waals surface area contributed by atoms with Crippen LogP contribution in [0.3, 0.4) is 0 Å². The Labute approximate surface area is 186 Å². The number of halogens is 1. The second-order valence-corrected chi connectivity index (χ2v) is 8.01. The number of carbonyl (C=O) groups is 1. The third-order valence-corrected chi connectivity index (χ3v) is 5.93. The molecular formula is C23H23ClN6O. The van der Waals surface area contributed by atoms with Crippen LogP contribution >= 0.6 is 11.6 Å². The molecule has 0 saturated carbocycles. The van der Waals surface area contributed by atoms with Gasteiger partial charge in [-0.25, -0.2) is 9.67 Å². The molecule has 0 bridgehead atoms. The fourth-order valence-electron chi connectivity index (χ4n) is 3.93. The van der Waals surface area contributed by atoms with Crippen molar-refractivity contribution in [2.75, 3.05) is 31.1 Å². The maximum Gasteiger partial charge on any atom is 0.227 e. The smallest absolute Gasteiger partial charge is 0.227 e. The van der Waals surface area contributed by atoms with Gasteiger partial charge in [0.15, 0.2) is 0 Å². The zero-order valence-electron chi connectivity index (χ0n) is 17.5. The van der Waals surface area contributed by atoms with Crippen molar-refractivity contribution in [2.24, 2.45) is 0 Å². The minimum absolute atomic E-state index is 0.0861. The predicted molar refractivity (Wildman–Crippen MR) is 119 cm³/mol. The Bertz CT molecular complexity index is 1140. The van der Waals surface area contributed by atoms with Crippen LogP contribution in [0.25, 0.3) is 5.69 Å². The molecule has 1 aliphatic heterocycles. The predicted octanol–water partition coefficient (Wildman–Crippen LogP) is 3.30. The quantitative estimate of drug-likeness (QED) is 0.629. The second kappa shape index (κ2) is 8.78. The molecule has 3 heterocycles. The number of carbonyl (C=O) groups excluding carboxylic acids is 1. The first-order chi connectivity index (χ1) is 15.0. The number of aryl methyl sites for hydroxylation is 1. The first-order valence-corrected chi connectivity index (χ1v) is 10.5. The van der Waals surface area contributed by atoms with Crippen molar-refractivity contribution in [3.8, 4) is 11.8 Å². The second-order valence-electron chi connectivity index (χ2n) is 7.57. The van der Waals surface area contributed by atoms with E-state index in [1.165, 1.54) is 0 Å². The zero-order chi connectivity index (χ0) is 22.0. The summed E-state index contributed by atoms with van der Waals surface area (Å²) in [6.07, 6.45) is 2.01. The average molecular weight is 435 g/mol.